The van der Waals surface area contributed by atoms with Gasteiger partial charge in [0.1, 0.15) is 5.82 Å². The average Bonchev–Trinajstić information content (AvgIpc) is 3.10. The molecule has 1 fully saturated rings. The summed E-state index contributed by atoms with van der Waals surface area (Å²) in [5, 5.41) is 0. The molecule has 1 aliphatic heterocycles. The van der Waals surface area contributed by atoms with Crippen LogP contribution in [-0.4, -0.2) is 50.8 Å². The maximum Gasteiger partial charge on any atom is 0.224 e. The van der Waals surface area contributed by atoms with Crippen molar-refractivity contribution in [2.24, 2.45) is 0 Å². The summed E-state index contributed by atoms with van der Waals surface area (Å²) in [6.45, 7) is 4.24. The van der Waals surface area contributed by atoms with Crippen molar-refractivity contribution in [3.05, 3.63) is 53.9 Å². The summed E-state index contributed by atoms with van der Waals surface area (Å²) in [5.41, 5.74) is 2.12. The molecule has 3 rings (SSSR count). The van der Waals surface area contributed by atoms with Crippen LogP contribution >= 0.6 is 0 Å². The van der Waals surface area contributed by atoms with Gasteiger partial charge in [-0.2, -0.15) is 0 Å². The van der Waals surface area contributed by atoms with Crippen molar-refractivity contribution < 1.29 is 4.79 Å². The number of aromatic nitrogens is 3. The fourth-order valence-electron chi connectivity index (χ4n) is 3.35. The highest BCUT2D eigenvalue weighted by Gasteiger charge is 2.30. The van der Waals surface area contributed by atoms with Crippen LogP contribution < -0.4 is 0 Å². The third-order valence-electron chi connectivity index (χ3n) is 4.59. The monoisotopic (exact) mass is 339 g/mol. The van der Waals surface area contributed by atoms with Crippen LogP contribution in [0.25, 0.3) is 0 Å². The van der Waals surface area contributed by atoms with Gasteiger partial charge >= 0.3 is 0 Å². The maximum atomic E-state index is 12.7. The van der Waals surface area contributed by atoms with E-state index < -0.39 is 0 Å². The van der Waals surface area contributed by atoms with E-state index in [4.69, 9.17) is 0 Å². The SMILES string of the molecule is Cc1nccc([C@@H]2CCCN2C(=O)CCN(C)Cc2cccnc2)n1. The van der Waals surface area contributed by atoms with Crippen molar-refractivity contribution in [2.75, 3.05) is 20.1 Å². The van der Waals surface area contributed by atoms with Crippen LogP contribution in [-0.2, 0) is 11.3 Å². The fourth-order valence-corrected chi connectivity index (χ4v) is 3.35. The minimum absolute atomic E-state index is 0.0952. The molecule has 0 N–H and O–H groups in total. The fraction of sp³-hybridized carbons (Fsp3) is 0.474. The molecule has 0 aliphatic carbocycles. The van der Waals surface area contributed by atoms with Crippen molar-refractivity contribution in [1.29, 1.82) is 0 Å². The summed E-state index contributed by atoms with van der Waals surface area (Å²) >= 11 is 0. The molecule has 0 aromatic carbocycles. The number of aryl methyl sites for hydroxylation is 1. The number of rotatable bonds is 6. The lowest BCUT2D eigenvalue weighted by molar-refractivity contribution is -0.132. The highest BCUT2D eigenvalue weighted by molar-refractivity contribution is 5.77. The molecule has 1 amide bonds. The molecule has 2 aromatic rings. The van der Waals surface area contributed by atoms with Gasteiger partial charge < -0.3 is 9.80 Å². The first-order chi connectivity index (χ1) is 12.1. The molecule has 6 heteroatoms. The smallest absolute Gasteiger partial charge is 0.224 e. The van der Waals surface area contributed by atoms with E-state index in [1.165, 1.54) is 0 Å². The molecule has 1 atom stereocenters. The molecule has 0 spiro atoms. The molecule has 0 unspecified atom stereocenters. The van der Waals surface area contributed by atoms with Gasteiger partial charge in [-0.1, -0.05) is 6.07 Å². The number of amides is 1. The van der Waals surface area contributed by atoms with E-state index in [0.29, 0.717) is 6.42 Å². The Morgan fingerprint density at radius 1 is 1.36 bits per heavy atom. The predicted octanol–water partition coefficient (Wildman–Crippen LogP) is 2.37. The van der Waals surface area contributed by atoms with Crippen LogP contribution in [0.1, 0.15) is 42.4 Å². The van der Waals surface area contributed by atoms with Crippen molar-refractivity contribution in [3.8, 4) is 0 Å². The third-order valence-corrected chi connectivity index (χ3v) is 4.59. The van der Waals surface area contributed by atoms with Gasteiger partial charge in [0, 0.05) is 44.6 Å². The Hall–Kier alpha value is -2.34. The van der Waals surface area contributed by atoms with Crippen molar-refractivity contribution in [3.63, 3.8) is 0 Å². The van der Waals surface area contributed by atoms with E-state index in [1.54, 1.807) is 12.4 Å². The summed E-state index contributed by atoms with van der Waals surface area (Å²) in [5.74, 6) is 0.963. The van der Waals surface area contributed by atoms with Crippen molar-refractivity contribution >= 4 is 5.91 Å². The largest absolute Gasteiger partial charge is 0.334 e. The molecule has 132 valence electrons. The van der Waals surface area contributed by atoms with Gasteiger partial charge in [-0.15, -0.1) is 0 Å². The van der Waals surface area contributed by atoms with Gasteiger partial charge in [0.2, 0.25) is 5.91 Å². The standard InChI is InChI=1S/C19H25N5O/c1-15-21-10-7-17(22-15)18-6-4-11-24(18)19(25)8-12-23(2)14-16-5-3-9-20-13-16/h3,5,7,9-10,13,18H,4,6,8,11-12,14H2,1-2H3/t18-/m0/s1. The zero-order valence-corrected chi connectivity index (χ0v) is 14.9. The maximum absolute atomic E-state index is 12.7. The van der Waals surface area contributed by atoms with Gasteiger partial charge in [-0.3, -0.25) is 9.78 Å². The molecule has 6 nitrogen and oxygen atoms in total. The van der Waals surface area contributed by atoms with Crippen molar-refractivity contribution in [1.82, 2.24) is 24.8 Å². The molecule has 1 saturated heterocycles. The predicted molar refractivity (Wildman–Crippen MR) is 95.6 cm³/mol. The Labute approximate surface area is 148 Å². The highest BCUT2D eigenvalue weighted by atomic mass is 16.2. The average molecular weight is 339 g/mol. The molecule has 0 saturated carbocycles. The second-order valence-corrected chi connectivity index (χ2v) is 6.62. The summed E-state index contributed by atoms with van der Waals surface area (Å²) < 4.78 is 0. The molecule has 0 radical (unpaired) electrons. The summed E-state index contributed by atoms with van der Waals surface area (Å²) in [6, 6.07) is 6.02. The summed E-state index contributed by atoms with van der Waals surface area (Å²) in [7, 11) is 2.04. The van der Waals surface area contributed by atoms with Gasteiger partial charge in [-0.25, -0.2) is 9.97 Å². The number of pyridine rings is 1. The lowest BCUT2D eigenvalue weighted by atomic mass is 10.1. The topological polar surface area (TPSA) is 62.2 Å². The number of hydrogen-bond acceptors (Lipinski definition) is 5. The van der Waals surface area contributed by atoms with Crippen LogP contribution in [0.2, 0.25) is 0 Å². The highest BCUT2D eigenvalue weighted by Crippen LogP contribution is 2.31. The number of nitrogens with zero attached hydrogens (tertiary/aromatic N) is 5. The zero-order valence-electron chi connectivity index (χ0n) is 14.9. The number of carbonyl (C=O) groups is 1. The Kier molecular flexibility index (Phi) is 5.71. The van der Waals surface area contributed by atoms with Crippen molar-refractivity contribution in [2.45, 2.75) is 38.8 Å². The molecule has 3 heterocycles. The lowest BCUT2D eigenvalue weighted by Crippen LogP contribution is -2.33. The van der Waals surface area contributed by atoms with Crippen LogP contribution in [0, 0.1) is 6.92 Å². The van der Waals surface area contributed by atoms with Gasteiger partial charge in [0.15, 0.2) is 0 Å². The number of hydrogen-bond donors (Lipinski definition) is 0. The third kappa shape index (κ3) is 4.60. The molecule has 0 bridgehead atoms. The normalized spacial score (nSPS) is 17.2. The second-order valence-electron chi connectivity index (χ2n) is 6.62. The van der Waals surface area contributed by atoms with E-state index in [0.717, 1.165) is 49.6 Å². The van der Waals surface area contributed by atoms with Crippen LogP contribution in [0.4, 0.5) is 0 Å². The van der Waals surface area contributed by atoms with Gasteiger partial charge in [-0.05, 0) is 44.5 Å². The Balaban J connectivity index is 1.55. The van der Waals surface area contributed by atoms with E-state index in [1.807, 2.05) is 37.2 Å². The quantitative estimate of drug-likeness (QED) is 0.808. The van der Waals surface area contributed by atoms with Gasteiger partial charge in [0.25, 0.3) is 0 Å². The molecular formula is C19H25N5O. The Bertz CT molecular complexity index is 706. The van der Waals surface area contributed by atoms with Crippen LogP contribution in [0.15, 0.2) is 36.8 Å². The molecule has 2 aromatic heterocycles. The first-order valence-corrected chi connectivity index (χ1v) is 8.80. The summed E-state index contributed by atoms with van der Waals surface area (Å²) in [6.07, 6.45) is 7.96. The Morgan fingerprint density at radius 3 is 3.00 bits per heavy atom. The van der Waals surface area contributed by atoms with E-state index in [9.17, 15) is 4.79 Å². The zero-order chi connectivity index (χ0) is 17.6. The molecule has 25 heavy (non-hydrogen) atoms. The van der Waals surface area contributed by atoms with E-state index >= 15 is 0 Å². The number of likely N-dealkylation sites (tertiary alicyclic amines) is 1. The minimum atomic E-state index is 0.0952. The van der Waals surface area contributed by atoms with Gasteiger partial charge in [0.05, 0.1) is 11.7 Å². The Morgan fingerprint density at radius 2 is 2.24 bits per heavy atom. The number of carbonyl (C=O) groups excluding carboxylic acids is 1. The molecular weight excluding hydrogens is 314 g/mol. The first kappa shape index (κ1) is 17.5. The van der Waals surface area contributed by atoms with Crippen LogP contribution in [0.3, 0.4) is 0 Å². The molecule has 1 aliphatic rings. The van der Waals surface area contributed by atoms with E-state index in [-0.39, 0.29) is 11.9 Å². The first-order valence-electron chi connectivity index (χ1n) is 8.80. The lowest BCUT2D eigenvalue weighted by Gasteiger charge is -2.25. The second kappa shape index (κ2) is 8.16. The minimum Gasteiger partial charge on any atom is -0.334 e. The van der Waals surface area contributed by atoms with Crippen LogP contribution in [0.5, 0.6) is 0 Å². The van der Waals surface area contributed by atoms with E-state index in [2.05, 4.69) is 25.9 Å². The summed E-state index contributed by atoms with van der Waals surface area (Å²) in [4.78, 5) is 29.7.